The van der Waals surface area contributed by atoms with Crippen LogP contribution < -0.4 is 10.3 Å². The fourth-order valence-corrected chi connectivity index (χ4v) is 5.37. The van der Waals surface area contributed by atoms with Gasteiger partial charge in [-0.3, -0.25) is 9.59 Å². The van der Waals surface area contributed by atoms with Crippen LogP contribution in [-0.2, 0) is 16.6 Å². The summed E-state index contributed by atoms with van der Waals surface area (Å²) in [4.78, 5) is 28.6. The maximum Gasteiger partial charge on any atom is 0.282 e. The van der Waals surface area contributed by atoms with Crippen molar-refractivity contribution < 1.29 is 26.4 Å². The standard InChI is InChI=1S/C24H18F3N3O4S/c25-14-3-7-19(27)13(10-14)12-30-20-8-4-15(26)11-18(20)21(17-2-1-9-28-23(17)31)22(30)24(32)29-35(33,34)16-5-6-16/h1-4,7-11,16H,5-6,12H2,(H,28,31)(H,29,32). The highest BCUT2D eigenvalue weighted by Crippen LogP contribution is 2.36. The Kier molecular flexibility index (Phi) is 5.51. The molecular formula is C24H18F3N3O4S. The van der Waals surface area contributed by atoms with Crippen LogP contribution in [0.4, 0.5) is 13.2 Å². The van der Waals surface area contributed by atoms with Crippen molar-refractivity contribution >= 4 is 26.8 Å². The number of carbonyl (C=O) groups excluding carboxylic acids is 1. The minimum Gasteiger partial charge on any atom is -0.331 e. The predicted molar refractivity (Wildman–Crippen MR) is 123 cm³/mol. The van der Waals surface area contributed by atoms with Gasteiger partial charge in [-0.2, -0.15) is 0 Å². The molecule has 2 heterocycles. The van der Waals surface area contributed by atoms with E-state index in [9.17, 15) is 31.2 Å². The number of aromatic nitrogens is 2. The van der Waals surface area contributed by atoms with Crippen molar-refractivity contribution in [2.75, 3.05) is 0 Å². The summed E-state index contributed by atoms with van der Waals surface area (Å²) in [5.41, 5.74) is -0.847. The van der Waals surface area contributed by atoms with Crippen LogP contribution in [0.3, 0.4) is 0 Å². The van der Waals surface area contributed by atoms with Crippen molar-refractivity contribution in [1.82, 2.24) is 14.3 Å². The highest BCUT2D eigenvalue weighted by molar-refractivity contribution is 7.91. The van der Waals surface area contributed by atoms with Crippen LogP contribution in [0.2, 0.25) is 0 Å². The Balaban J connectivity index is 1.81. The van der Waals surface area contributed by atoms with Gasteiger partial charge in [0.25, 0.3) is 11.5 Å². The van der Waals surface area contributed by atoms with Crippen LogP contribution >= 0.6 is 0 Å². The summed E-state index contributed by atoms with van der Waals surface area (Å²) in [5.74, 6) is -3.21. The van der Waals surface area contributed by atoms with Gasteiger partial charge in [0.05, 0.1) is 11.8 Å². The van der Waals surface area contributed by atoms with Gasteiger partial charge in [-0.05, 0) is 61.4 Å². The molecule has 1 amide bonds. The number of nitrogens with zero attached hydrogens (tertiary/aromatic N) is 1. The van der Waals surface area contributed by atoms with E-state index in [-0.39, 0.29) is 39.8 Å². The largest absolute Gasteiger partial charge is 0.331 e. The molecule has 1 aliphatic rings. The Hall–Kier alpha value is -3.86. The minimum absolute atomic E-state index is 0.0180. The molecule has 11 heteroatoms. The van der Waals surface area contributed by atoms with Crippen LogP contribution in [0.5, 0.6) is 0 Å². The lowest BCUT2D eigenvalue weighted by atomic mass is 10.0. The van der Waals surface area contributed by atoms with Gasteiger partial charge in [0.15, 0.2) is 0 Å². The van der Waals surface area contributed by atoms with Crippen LogP contribution in [0.1, 0.15) is 28.9 Å². The molecule has 0 bridgehead atoms. The van der Waals surface area contributed by atoms with Gasteiger partial charge in [-0.15, -0.1) is 0 Å². The third-order valence-electron chi connectivity index (χ3n) is 5.86. The first-order chi connectivity index (χ1) is 16.7. The van der Waals surface area contributed by atoms with Crippen molar-refractivity contribution in [3.8, 4) is 11.1 Å². The molecule has 5 rings (SSSR count). The van der Waals surface area contributed by atoms with E-state index in [0.29, 0.717) is 12.8 Å². The number of carbonyl (C=O) groups is 1. The lowest BCUT2D eigenvalue weighted by Gasteiger charge is -2.14. The first-order valence-corrected chi connectivity index (χ1v) is 12.2. The molecule has 0 spiro atoms. The van der Waals surface area contributed by atoms with E-state index in [2.05, 4.69) is 4.98 Å². The van der Waals surface area contributed by atoms with Gasteiger partial charge < -0.3 is 9.55 Å². The van der Waals surface area contributed by atoms with Gasteiger partial charge in [0, 0.05) is 33.8 Å². The number of fused-ring (bicyclic) bond motifs is 1. The molecule has 2 aromatic carbocycles. The van der Waals surface area contributed by atoms with Crippen molar-refractivity contribution in [2.45, 2.75) is 24.6 Å². The summed E-state index contributed by atoms with van der Waals surface area (Å²) < 4.78 is 71.1. The molecule has 1 fully saturated rings. The van der Waals surface area contributed by atoms with Crippen molar-refractivity contribution in [3.05, 3.63) is 93.8 Å². The second-order valence-electron chi connectivity index (χ2n) is 8.30. The number of pyridine rings is 1. The molecule has 1 aliphatic carbocycles. The van der Waals surface area contributed by atoms with Crippen LogP contribution in [-0.4, -0.2) is 29.1 Å². The fraction of sp³-hybridized carbons (Fsp3) is 0.167. The molecule has 0 radical (unpaired) electrons. The molecule has 1 saturated carbocycles. The van der Waals surface area contributed by atoms with Gasteiger partial charge in [-0.25, -0.2) is 26.3 Å². The lowest BCUT2D eigenvalue weighted by Crippen LogP contribution is -2.35. The van der Waals surface area contributed by atoms with E-state index in [4.69, 9.17) is 0 Å². The van der Waals surface area contributed by atoms with E-state index < -0.39 is 44.2 Å². The maximum atomic E-state index is 14.5. The Labute approximate surface area is 197 Å². The molecule has 180 valence electrons. The third-order valence-corrected chi connectivity index (χ3v) is 7.68. The fourth-order valence-electron chi connectivity index (χ4n) is 4.09. The molecule has 35 heavy (non-hydrogen) atoms. The Morgan fingerprint density at radius 1 is 1.06 bits per heavy atom. The average molecular weight is 501 g/mol. The second kappa shape index (κ2) is 8.42. The molecule has 4 aromatic rings. The van der Waals surface area contributed by atoms with E-state index in [1.54, 1.807) is 0 Å². The highest BCUT2D eigenvalue weighted by atomic mass is 32.2. The average Bonchev–Trinajstić information content (AvgIpc) is 3.61. The SMILES string of the molecule is O=C(NS(=O)(=O)C1CC1)c1c(-c2ccc[nH]c2=O)c2cc(F)ccc2n1Cc1cc(F)ccc1F. The van der Waals surface area contributed by atoms with E-state index in [1.165, 1.54) is 29.0 Å². The number of nitrogens with one attached hydrogen (secondary N) is 2. The highest BCUT2D eigenvalue weighted by Gasteiger charge is 2.38. The van der Waals surface area contributed by atoms with Gasteiger partial charge >= 0.3 is 0 Å². The van der Waals surface area contributed by atoms with E-state index in [1.807, 2.05) is 4.72 Å². The Morgan fingerprint density at radius 2 is 1.77 bits per heavy atom. The molecule has 0 aliphatic heterocycles. The van der Waals surface area contributed by atoms with Gasteiger partial charge in [-0.1, -0.05) is 0 Å². The molecule has 0 atom stereocenters. The van der Waals surface area contributed by atoms with E-state index >= 15 is 0 Å². The molecule has 2 aromatic heterocycles. The molecule has 7 nitrogen and oxygen atoms in total. The quantitative estimate of drug-likeness (QED) is 0.421. The zero-order chi connectivity index (χ0) is 24.9. The summed E-state index contributed by atoms with van der Waals surface area (Å²) in [6.07, 6.45) is 2.16. The second-order valence-corrected chi connectivity index (χ2v) is 10.3. The van der Waals surface area contributed by atoms with Gasteiger partial charge in [0.1, 0.15) is 23.1 Å². The summed E-state index contributed by atoms with van der Waals surface area (Å²) >= 11 is 0. The van der Waals surface area contributed by atoms with Crippen LogP contribution in [0.15, 0.2) is 59.5 Å². The minimum atomic E-state index is -4.00. The summed E-state index contributed by atoms with van der Waals surface area (Å²) in [6, 6.07) is 9.25. The Morgan fingerprint density at radius 3 is 2.49 bits per heavy atom. The summed E-state index contributed by atoms with van der Waals surface area (Å²) in [5, 5.41) is -0.585. The number of hydrogen-bond acceptors (Lipinski definition) is 4. The number of sulfonamides is 1. The smallest absolute Gasteiger partial charge is 0.282 e. The number of aromatic amines is 1. The number of amides is 1. The van der Waals surface area contributed by atoms with Crippen molar-refractivity contribution in [3.63, 3.8) is 0 Å². The first kappa shape index (κ1) is 22.9. The summed E-state index contributed by atoms with van der Waals surface area (Å²) in [6.45, 7) is -0.386. The number of H-pyrrole nitrogens is 1. The van der Waals surface area contributed by atoms with Crippen molar-refractivity contribution in [2.24, 2.45) is 0 Å². The van der Waals surface area contributed by atoms with Crippen LogP contribution in [0.25, 0.3) is 22.0 Å². The lowest BCUT2D eigenvalue weighted by molar-refractivity contribution is 0.0974. The normalized spacial score (nSPS) is 13.8. The maximum absolute atomic E-state index is 14.5. The number of benzene rings is 2. The third kappa shape index (κ3) is 4.23. The van der Waals surface area contributed by atoms with Gasteiger partial charge in [0.2, 0.25) is 10.0 Å². The summed E-state index contributed by atoms with van der Waals surface area (Å²) in [7, 11) is -4.00. The molecular weight excluding hydrogens is 483 g/mol. The number of halogens is 3. The number of hydrogen-bond donors (Lipinski definition) is 2. The topological polar surface area (TPSA) is 101 Å². The van der Waals surface area contributed by atoms with Crippen LogP contribution in [0, 0.1) is 17.5 Å². The first-order valence-electron chi connectivity index (χ1n) is 10.7. The monoisotopic (exact) mass is 501 g/mol. The number of rotatable bonds is 6. The molecule has 2 N–H and O–H groups in total. The molecule has 0 saturated heterocycles. The zero-order valence-corrected chi connectivity index (χ0v) is 18.8. The zero-order valence-electron chi connectivity index (χ0n) is 18.0. The van der Waals surface area contributed by atoms with E-state index in [0.717, 1.165) is 30.3 Å². The predicted octanol–water partition coefficient (Wildman–Crippen LogP) is 3.68. The van der Waals surface area contributed by atoms with Crippen molar-refractivity contribution in [1.29, 1.82) is 0 Å². The molecule has 0 unspecified atom stereocenters. The Bertz CT molecular complexity index is 1660.